The minimum Gasteiger partial charge on any atom is -0.465 e. The van der Waals surface area contributed by atoms with Gasteiger partial charge in [-0.25, -0.2) is 0 Å². The molecule has 0 fully saturated rings. The second kappa shape index (κ2) is 27.1. The zero-order valence-corrected chi connectivity index (χ0v) is 24.1. The zero-order chi connectivity index (χ0) is 25.1. The van der Waals surface area contributed by atoms with Crippen LogP contribution in [0.3, 0.4) is 0 Å². The first-order valence-corrected chi connectivity index (χ1v) is 15.8. The van der Waals surface area contributed by atoms with E-state index in [1.54, 1.807) is 0 Å². The van der Waals surface area contributed by atoms with E-state index in [2.05, 4.69) is 27.7 Å². The average molecular weight is 481 g/mol. The zero-order valence-electron chi connectivity index (χ0n) is 24.1. The van der Waals surface area contributed by atoms with Gasteiger partial charge in [-0.3, -0.25) is 4.79 Å². The number of unbranched alkanes of at least 4 members (excludes halogenated alkanes) is 18. The lowest BCUT2D eigenvalue weighted by molar-refractivity contribution is -0.149. The highest BCUT2D eigenvalue weighted by molar-refractivity contribution is 5.71. The molecule has 0 aliphatic rings. The van der Waals surface area contributed by atoms with E-state index < -0.39 is 0 Å². The molecular weight excluding hydrogens is 416 g/mol. The minimum absolute atomic E-state index is 0.0513. The molecule has 0 aromatic heterocycles. The molecule has 2 nitrogen and oxygen atoms in total. The molecule has 0 spiro atoms. The highest BCUT2D eigenvalue weighted by Gasteiger charge is 2.17. The molecule has 0 aromatic rings. The first kappa shape index (κ1) is 33.5. The van der Waals surface area contributed by atoms with E-state index in [9.17, 15) is 4.79 Å². The number of ether oxygens (including phenoxy) is 1. The third kappa shape index (κ3) is 23.2. The molecule has 2 unspecified atom stereocenters. The van der Waals surface area contributed by atoms with Crippen molar-refractivity contribution in [3.8, 4) is 0 Å². The van der Waals surface area contributed by atoms with Crippen LogP contribution in [0.25, 0.3) is 0 Å². The van der Waals surface area contributed by atoms with Gasteiger partial charge in [0.25, 0.3) is 0 Å². The van der Waals surface area contributed by atoms with Gasteiger partial charge in [0, 0.05) is 0 Å². The van der Waals surface area contributed by atoms with Gasteiger partial charge in [-0.05, 0) is 25.2 Å². The second-order valence-corrected chi connectivity index (χ2v) is 11.1. The van der Waals surface area contributed by atoms with Gasteiger partial charge in [-0.2, -0.15) is 0 Å². The van der Waals surface area contributed by atoms with Crippen molar-refractivity contribution in [3.63, 3.8) is 0 Å². The Bertz CT molecular complexity index is 406. The van der Waals surface area contributed by atoms with E-state index in [0.717, 1.165) is 6.42 Å². The number of carbonyl (C=O) groups is 1. The number of rotatable bonds is 27. The molecule has 0 saturated carbocycles. The van der Waals surface area contributed by atoms with Crippen LogP contribution in [0.15, 0.2) is 0 Å². The minimum atomic E-state index is 0.0513. The van der Waals surface area contributed by atoms with Crippen molar-refractivity contribution in [2.45, 2.75) is 182 Å². The van der Waals surface area contributed by atoms with Crippen molar-refractivity contribution in [1.29, 1.82) is 0 Å². The molecule has 0 aliphatic heterocycles. The molecule has 0 heterocycles. The molecule has 0 bridgehead atoms. The fourth-order valence-corrected chi connectivity index (χ4v) is 4.96. The third-order valence-electron chi connectivity index (χ3n) is 7.54. The fraction of sp³-hybridized carbons (Fsp3) is 0.969. The van der Waals surface area contributed by atoms with Gasteiger partial charge in [0.2, 0.25) is 0 Å². The van der Waals surface area contributed by atoms with Crippen molar-refractivity contribution in [3.05, 3.63) is 0 Å². The van der Waals surface area contributed by atoms with E-state index in [1.165, 1.54) is 148 Å². The summed E-state index contributed by atoms with van der Waals surface area (Å²) in [7, 11) is 0. The van der Waals surface area contributed by atoms with Gasteiger partial charge in [0.1, 0.15) is 0 Å². The van der Waals surface area contributed by atoms with E-state index in [-0.39, 0.29) is 11.9 Å². The number of hydrogen-bond donors (Lipinski definition) is 0. The molecule has 2 atom stereocenters. The van der Waals surface area contributed by atoms with Crippen molar-refractivity contribution >= 4 is 5.97 Å². The summed E-state index contributed by atoms with van der Waals surface area (Å²) in [5.74, 6) is 0.685. The van der Waals surface area contributed by atoms with Crippen LogP contribution in [0.2, 0.25) is 0 Å². The van der Waals surface area contributed by atoms with Crippen LogP contribution in [0.4, 0.5) is 0 Å². The molecule has 0 aromatic carbocycles. The van der Waals surface area contributed by atoms with Crippen LogP contribution in [-0.4, -0.2) is 12.6 Å². The first-order chi connectivity index (χ1) is 16.7. The lowest BCUT2D eigenvalue weighted by Gasteiger charge is -2.19. The summed E-state index contributed by atoms with van der Waals surface area (Å²) in [5.41, 5.74) is 0. The predicted molar refractivity (Wildman–Crippen MR) is 151 cm³/mol. The Morgan fingerprint density at radius 1 is 0.500 bits per heavy atom. The van der Waals surface area contributed by atoms with E-state index in [4.69, 9.17) is 4.74 Å². The maximum atomic E-state index is 12.6. The summed E-state index contributed by atoms with van der Waals surface area (Å²) in [5, 5.41) is 0. The topological polar surface area (TPSA) is 26.3 Å². The predicted octanol–water partition coefficient (Wildman–Crippen LogP) is 11.2. The van der Waals surface area contributed by atoms with Crippen LogP contribution in [-0.2, 0) is 9.53 Å². The Kier molecular flexibility index (Phi) is 26.6. The lowest BCUT2D eigenvalue weighted by atomic mass is 9.94. The molecule has 0 aliphatic carbocycles. The largest absolute Gasteiger partial charge is 0.465 e. The van der Waals surface area contributed by atoms with Crippen molar-refractivity contribution < 1.29 is 9.53 Å². The van der Waals surface area contributed by atoms with E-state index in [0.29, 0.717) is 12.5 Å². The van der Waals surface area contributed by atoms with Crippen LogP contribution >= 0.6 is 0 Å². The first-order valence-electron chi connectivity index (χ1n) is 15.8. The SMILES string of the molecule is CCCCCCCCCCC(C)C(=O)OCC(CCCCCCCC)CCCCCCCCC. The average Bonchev–Trinajstić information content (AvgIpc) is 2.84. The van der Waals surface area contributed by atoms with Crippen molar-refractivity contribution in [1.82, 2.24) is 0 Å². The highest BCUT2D eigenvalue weighted by Crippen LogP contribution is 2.21. The van der Waals surface area contributed by atoms with Gasteiger partial charge in [-0.15, -0.1) is 0 Å². The van der Waals surface area contributed by atoms with E-state index >= 15 is 0 Å². The van der Waals surface area contributed by atoms with Gasteiger partial charge >= 0.3 is 5.97 Å². The third-order valence-corrected chi connectivity index (χ3v) is 7.54. The van der Waals surface area contributed by atoms with Crippen molar-refractivity contribution in [2.24, 2.45) is 11.8 Å². The number of hydrogen-bond acceptors (Lipinski definition) is 2. The highest BCUT2D eigenvalue weighted by atomic mass is 16.5. The van der Waals surface area contributed by atoms with Gasteiger partial charge < -0.3 is 4.74 Å². The van der Waals surface area contributed by atoms with Crippen LogP contribution < -0.4 is 0 Å². The molecule has 2 heteroatoms. The summed E-state index contributed by atoms with van der Waals surface area (Å²) in [4.78, 5) is 12.6. The van der Waals surface area contributed by atoms with Crippen LogP contribution in [0, 0.1) is 11.8 Å². The van der Waals surface area contributed by atoms with Crippen LogP contribution in [0.1, 0.15) is 182 Å². The number of carbonyl (C=O) groups excluding carboxylic acids is 1. The molecule has 204 valence electrons. The summed E-state index contributed by atoms with van der Waals surface area (Å²) in [6, 6.07) is 0. The number of esters is 1. The van der Waals surface area contributed by atoms with Gasteiger partial charge in [-0.1, -0.05) is 163 Å². The fourth-order valence-electron chi connectivity index (χ4n) is 4.96. The second-order valence-electron chi connectivity index (χ2n) is 11.1. The standard InChI is InChI=1S/C32H64O2/c1-5-8-11-14-17-19-20-23-26-30(4)32(33)34-29-31(27-24-21-16-13-10-7-3)28-25-22-18-15-12-9-6-2/h30-31H,5-29H2,1-4H3. The molecule has 0 amide bonds. The Balaban J connectivity index is 4.09. The molecule has 0 saturated heterocycles. The summed E-state index contributed by atoms with van der Waals surface area (Å²) in [6.07, 6.45) is 31.6. The summed E-state index contributed by atoms with van der Waals surface area (Å²) >= 11 is 0. The molecule has 0 rings (SSSR count). The lowest BCUT2D eigenvalue weighted by Crippen LogP contribution is -2.20. The maximum Gasteiger partial charge on any atom is 0.308 e. The molecule has 34 heavy (non-hydrogen) atoms. The Hall–Kier alpha value is -0.530. The summed E-state index contributed by atoms with van der Waals surface area (Å²) in [6.45, 7) is 9.56. The quantitative estimate of drug-likeness (QED) is 0.0862. The van der Waals surface area contributed by atoms with Gasteiger partial charge in [0.05, 0.1) is 12.5 Å². The Morgan fingerprint density at radius 2 is 0.824 bits per heavy atom. The van der Waals surface area contributed by atoms with Gasteiger partial charge in [0.15, 0.2) is 0 Å². The Labute approximate surface area is 215 Å². The smallest absolute Gasteiger partial charge is 0.308 e. The maximum absolute atomic E-state index is 12.6. The van der Waals surface area contributed by atoms with Crippen LogP contribution in [0.5, 0.6) is 0 Å². The Morgan fingerprint density at radius 3 is 1.21 bits per heavy atom. The van der Waals surface area contributed by atoms with Crippen molar-refractivity contribution in [2.75, 3.05) is 6.61 Å². The normalized spacial score (nSPS) is 13.2. The molecule has 0 N–H and O–H groups in total. The monoisotopic (exact) mass is 480 g/mol. The molecule has 0 radical (unpaired) electrons. The molecular formula is C32H64O2. The van der Waals surface area contributed by atoms with E-state index in [1.807, 2.05) is 0 Å². The summed E-state index contributed by atoms with van der Waals surface area (Å²) < 4.78 is 5.86.